The number of hydrogen-bond acceptors (Lipinski definition) is 13. The molecule has 6 rings (SSSR count). The summed E-state index contributed by atoms with van der Waals surface area (Å²) in [5, 5.41) is 27.3. The van der Waals surface area contributed by atoms with E-state index in [0.717, 1.165) is 31.1 Å². The lowest BCUT2D eigenvalue weighted by Crippen LogP contribution is -2.45. The number of esters is 1. The third-order valence-corrected chi connectivity index (χ3v) is 11.1. The van der Waals surface area contributed by atoms with Crippen LogP contribution in [-0.2, 0) is 23.4 Å². The van der Waals surface area contributed by atoms with Crippen LogP contribution in [0.15, 0.2) is 42.5 Å². The molecule has 6 atom stereocenters. The molecule has 1 aliphatic heterocycles. The Bertz CT molecular complexity index is 1880. The molecule has 0 spiro atoms. The van der Waals surface area contributed by atoms with E-state index in [-0.39, 0.29) is 40.8 Å². The number of hydrogen-bond donors (Lipinski definition) is 4. The maximum atomic E-state index is 14.7. The lowest BCUT2D eigenvalue weighted by Gasteiger charge is -2.29. The van der Waals surface area contributed by atoms with Gasteiger partial charge in [0.1, 0.15) is 35.7 Å². The van der Waals surface area contributed by atoms with Crippen LogP contribution in [0.5, 0.6) is 11.6 Å². The summed E-state index contributed by atoms with van der Waals surface area (Å²) in [5.74, 6) is -0.636. The molecule has 0 bridgehead atoms. The van der Waals surface area contributed by atoms with Gasteiger partial charge in [-0.25, -0.2) is 9.55 Å². The molecule has 1 aliphatic carbocycles. The van der Waals surface area contributed by atoms with Gasteiger partial charge in [-0.05, 0) is 50.0 Å². The van der Waals surface area contributed by atoms with Crippen LogP contribution in [0.1, 0.15) is 52.7 Å². The predicted molar refractivity (Wildman–Crippen MR) is 188 cm³/mol. The fraction of sp³-hybridized carbons (Fsp3) is 0.500. The molecule has 264 valence electrons. The number of rotatable bonds is 12. The van der Waals surface area contributed by atoms with Crippen molar-refractivity contribution in [2.24, 2.45) is 5.92 Å². The Kier molecular flexibility index (Phi) is 10.4. The number of imidazole rings is 1. The number of halogens is 1. The van der Waals surface area contributed by atoms with Crippen LogP contribution in [0, 0.1) is 9.75 Å². The minimum atomic E-state index is -4.42. The molecule has 49 heavy (non-hydrogen) atoms. The quantitative estimate of drug-likeness (QED) is 0.0675. The summed E-state index contributed by atoms with van der Waals surface area (Å²) in [7, 11) is -3.00. The first kappa shape index (κ1) is 35.7. The molecule has 0 radical (unpaired) electrons. The number of carbonyl (C=O) groups excluding carboxylic acids is 1. The number of fused-ring (bicyclic) bond motifs is 2. The van der Waals surface area contributed by atoms with E-state index in [1.165, 1.54) is 18.6 Å². The average molecular weight is 811 g/mol. The van der Waals surface area contributed by atoms with Gasteiger partial charge in [0.25, 0.3) is 0 Å². The smallest absolute Gasteiger partial charge is 0.459 e. The van der Waals surface area contributed by atoms with Crippen molar-refractivity contribution in [3.8, 4) is 11.6 Å². The Morgan fingerprint density at radius 3 is 2.61 bits per heavy atom. The van der Waals surface area contributed by atoms with Gasteiger partial charge in [0.2, 0.25) is 11.8 Å². The van der Waals surface area contributed by atoms with Crippen molar-refractivity contribution < 1.29 is 42.8 Å². The number of nitrogen functional groups attached to an aromatic ring is 1. The summed E-state index contributed by atoms with van der Waals surface area (Å²) < 4.78 is 46.0. The lowest BCUT2D eigenvalue weighted by atomic mass is 9.96. The SMILES string of the molecule is COc1nc(N)nc2c1nc(I)n2[C@@H]1O[C@H](COP(=O)(N[C@H](C(=O)OC2CCCC2)C(C)C)Oc2cccc3ccccc23)C(O)[C@@]1(C)O. The highest BCUT2D eigenvalue weighted by molar-refractivity contribution is 14.1. The number of ether oxygens (including phenoxy) is 3. The summed E-state index contributed by atoms with van der Waals surface area (Å²) in [5.41, 5.74) is 4.49. The van der Waals surface area contributed by atoms with Crippen molar-refractivity contribution in [1.29, 1.82) is 0 Å². The van der Waals surface area contributed by atoms with E-state index in [0.29, 0.717) is 9.22 Å². The largest absolute Gasteiger partial charge is 0.479 e. The Morgan fingerprint density at radius 2 is 1.90 bits per heavy atom. The molecule has 1 saturated carbocycles. The number of aliphatic hydroxyl groups excluding tert-OH is 1. The predicted octanol–water partition coefficient (Wildman–Crippen LogP) is 4.49. The van der Waals surface area contributed by atoms with E-state index in [4.69, 9.17) is 29.0 Å². The topological polar surface area (TPSA) is 202 Å². The Morgan fingerprint density at radius 1 is 1.18 bits per heavy atom. The number of nitrogens with two attached hydrogens (primary N) is 1. The van der Waals surface area contributed by atoms with Gasteiger partial charge in [-0.1, -0.05) is 50.2 Å². The van der Waals surface area contributed by atoms with Crippen molar-refractivity contribution in [3.05, 3.63) is 46.3 Å². The maximum Gasteiger partial charge on any atom is 0.459 e. The monoisotopic (exact) mass is 810 g/mol. The number of nitrogens with zero attached hydrogens (tertiary/aromatic N) is 4. The summed E-state index contributed by atoms with van der Waals surface area (Å²) in [6, 6.07) is 11.6. The molecule has 1 saturated heterocycles. The zero-order valence-electron chi connectivity index (χ0n) is 27.5. The van der Waals surface area contributed by atoms with Crippen molar-refractivity contribution in [2.45, 2.75) is 82.6 Å². The minimum Gasteiger partial charge on any atom is -0.479 e. The summed E-state index contributed by atoms with van der Waals surface area (Å²) in [6.07, 6.45) is -0.715. The second kappa shape index (κ2) is 14.2. The van der Waals surface area contributed by atoms with Crippen LogP contribution in [0.2, 0.25) is 0 Å². The van der Waals surface area contributed by atoms with E-state index < -0.39 is 50.4 Å². The zero-order chi connectivity index (χ0) is 35.1. The Labute approximate surface area is 296 Å². The number of aliphatic hydroxyl groups is 2. The average Bonchev–Trinajstić information content (AvgIpc) is 3.75. The molecule has 2 fully saturated rings. The number of aromatic nitrogens is 4. The van der Waals surface area contributed by atoms with Gasteiger partial charge in [-0.15, -0.1) is 0 Å². The van der Waals surface area contributed by atoms with Crippen molar-refractivity contribution >= 4 is 64.2 Å². The second-order valence-corrected chi connectivity index (χ2v) is 15.4. The molecule has 15 nitrogen and oxygen atoms in total. The lowest BCUT2D eigenvalue weighted by molar-refractivity contribution is -0.152. The molecular weight excluding hydrogens is 770 g/mol. The zero-order valence-corrected chi connectivity index (χ0v) is 30.5. The number of nitrogens with one attached hydrogen (secondary N) is 1. The minimum absolute atomic E-state index is 0.0938. The van der Waals surface area contributed by atoms with E-state index >= 15 is 0 Å². The van der Waals surface area contributed by atoms with Gasteiger partial charge in [-0.3, -0.25) is 13.9 Å². The first-order valence-corrected chi connectivity index (χ1v) is 18.6. The third-order valence-electron chi connectivity index (χ3n) is 8.84. The van der Waals surface area contributed by atoms with Crippen LogP contribution in [0.25, 0.3) is 21.9 Å². The number of carbonyl (C=O) groups is 1. The standard InChI is InChI=1S/C32H40IN6O9P/c1-17(2)23(28(41)46-19-12-6-7-13-19)38-49(43,48-21-15-9-11-18-10-5-8-14-20(18)21)45-16-22-25(40)32(3,42)29(47-22)39-26-24(35-30(39)33)27(44-4)37-31(34)36-26/h5,8-11,14-15,17,19,22-23,25,29,40,42H,6-7,12-13,16H2,1-4H3,(H,38,43)(H2,34,36,37)/t22-,23+,25?,29-,32-,49?/m1/s1. The van der Waals surface area contributed by atoms with Crippen LogP contribution < -0.4 is 20.1 Å². The summed E-state index contributed by atoms with van der Waals surface area (Å²) in [6.45, 7) is 4.48. The first-order chi connectivity index (χ1) is 23.3. The summed E-state index contributed by atoms with van der Waals surface area (Å²) >= 11 is 1.94. The van der Waals surface area contributed by atoms with Crippen molar-refractivity contribution in [2.75, 3.05) is 19.5 Å². The highest BCUT2D eigenvalue weighted by Crippen LogP contribution is 2.49. The Balaban J connectivity index is 1.30. The molecule has 0 amide bonds. The molecule has 4 aromatic rings. The molecule has 3 heterocycles. The first-order valence-electron chi connectivity index (χ1n) is 16.0. The van der Waals surface area contributed by atoms with Gasteiger partial charge in [0.05, 0.1) is 13.7 Å². The van der Waals surface area contributed by atoms with Gasteiger partial charge in [0, 0.05) is 28.0 Å². The van der Waals surface area contributed by atoms with E-state index in [2.05, 4.69) is 20.0 Å². The maximum absolute atomic E-state index is 14.7. The van der Waals surface area contributed by atoms with Crippen LogP contribution in [0.3, 0.4) is 0 Å². The van der Waals surface area contributed by atoms with E-state index in [9.17, 15) is 19.6 Å². The van der Waals surface area contributed by atoms with Gasteiger partial charge in [0.15, 0.2) is 21.2 Å². The highest BCUT2D eigenvalue weighted by atomic mass is 127. The number of benzene rings is 2. The third kappa shape index (κ3) is 7.22. The molecule has 2 unspecified atom stereocenters. The highest BCUT2D eigenvalue weighted by Gasteiger charge is 2.55. The van der Waals surface area contributed by atoms with Crippen LogP contribution in [-0.4, -0.2) is 79.4 Å². The van der Waals surface area contributed by atoms with Gasteiger partial charge >= 0.3 is 13.7 Å². The van der Waals surface area contributed by atoms with Crippen LogP contribution in [0.4, 0.5) is 5.95 Å². The second-order valence-electron chi connectivity index (χ2n) is 12.8. The molecular formula is C32H40IN6O9P. The number of methoxy groups -OCH3 is 1. The van der Waals surface area contributed by atoms with E-state index in [1.54, 1.807) is 26.0 Å². The normalized spacial score (nSPS) is 24.8. The molecule has 17 heteroatoms. The fourth-order valence-electron chi connectivity index (χ4n) is 6.20. The van der Waals surface area contributed by atoms with E-state index in [1.807, 2.05) is 52.9 Å². The Hall–Kier alpha value is -3.12. The number of anilines is 1. The molecule has 2 aromatic carbocycles. The van der Waals surface area contributed by atoms with Gasteiger partial charge < -0.3 is 34.7 Å². The molecule has 2 aromatic heterocycles. The van der Waals surface area contributed by atoms with Crippen molar-refractivity contribution in [3.63, 3.8) is 0 Å². The molecule has 5 N–H and O–H groups in total. The van der Waals surface area contributed by atoms with Crippen molar-refractivity contribution in [1.82, 2.24) is 24.6 Å². The fourth-order valence-corrected chi connectivity index (χ4v) is 8.60. The van der Waals surface area contributed by atoms with Gasteiger partial charge in [-0.2, -0.15) is 15.1 Å². The van der Waals surface area contributed by atoms with Crippen LogP contribution >= 0.6 is 30.3 Å². The summed E-state index contributed by atoms with van der Waals surface area (Å²) in [4.78, 5) is 26.2. The molecule has 2 aliphatic rings.